The van der Waals surface area contributed by atoms with Crippen LogP contribution in [0.4, 0.5) is 5.69 Å². The van der Waals surface area contributed by atoms with E-state index in [0.29, 0.717) is 19.5 Å². The maximum atomic E-state index is 12.3. The molecule has 0 bridgehead atoms. The first-order valence-corrected chi connectivity index (χ1v) is 8.39. The third-order valence-electron chi connectivity index (χ3n) is 4.32. The maximum absolute atomic E-state index is 12.3. The van der Waals surface area contributed by atoms with Gasteiger partial charge in [-0.3, -0.25) is 9.48 Å². The highest BCUT2D eigenvalue weighted by Gasteiger charge is 2.26. The van der Waals surface area contributed by atoms with Crippen molar-refractivity contribution in [1.29, 1.82) is 0 Å². The first kappa shape index (κ1) is 16.4. The Bertz CT molecular complexity index is 671. The topological polar surface area (TPSA) is 50.6 Å². The van der Waals surface area contributed by atoms with E-state index >= 15 is 0 Å². The summed E-state index contributed by atoms with van der Waals surface area (Å²) in [5, 5.41) is 4.12. The third kappa shape index (κ3) is 3.69. The second-order valence-corrected chi connectivity index (χ2v) is 6.04. The lowest BCUT2D eigenvalue weighted by molar-refractivity contribution is -0.131. The molecule has 0 spiro atoms. The van der Waals surface area contributed by atoms with Gasteiger partial charge in [0.05, 0.1) is 18.8 Å². The summed E-state index contributed by atoms with van der Waals surface area (Å²) in [6.45, 7) is 5.05. The smallest absolute Gasteiger partial charge is 0.224 e. The zero-order valence-electron chi connectivity index (χ0n) is 14.3. The van der Waals surface area contributed by atoms with Gasteiger partial charge in [0.25, 0.3) is 0 Å². The fourth-order valence-corrected chi connectivity index (χ4v) is 3.01. The number of nitrogens with zero attached hydrogens (tertiary/aromatic N) is 4. The Morgan fingerprint density at radius 1 is 1.38 bits per heavy atom. The van der Waals surface area contributed by atoms with Crippen LogP contribution in [0.3, 0.4) is 0 Å². The van der Waals surface area contributed by atoms with E-state index in [4.69, 9.17) is 4.74 Å². The number of rotatable bonds is 6. The lowest BCUT2D eigenvalue weighted by Gasteiger charge is -2.37. The van der Waals surface area contributed by atoms with Crippen LogP contribution in [0.25, 0.3) is 0 Å². The Morgan fingerprint density at radius 3 is 2.96 bits per heavy atom. The van der Waals surface area contributed by atoms with Crippen molar-refractivity contribution in [3.63, 3.8) is 0 Å². The molecule has 1 aliphatic heterocycles. The number of aryl methyl sites for hydroxylation is 1. The average Bonchev–Trinajstić information content (AvgIpc) is 3.12. The van der Waals surface area contributed by atoms with Crippen molar-refractivity contribution in [2.45, 2.75) is 26.0 Å². The zero-order valence-corrected chi connectivity index (χ0v) is 14.3. The van der Waals surface area contributed by atoms with E-state index in [1.165, 1.54) is 0 Å². The van der Waals surface area contributed by atoms with Crippen LogP contribution >= 0.6 is 0 Å². The molecular weight excluding hydrogens is 304 g/mol. The van der Waals surface area contributed by atoms with Crippen LogP contribution in [0.5, 0.6) is 5.75 Å². The number of anilines is 1. The number of aromatic nitrogens is 2. The van der Waals surface area contributed by atoms with Crippen LogP contribution in [-0.2, 0) is 11.3 Å². The minimum Gasteiger partial charge on any atom is -0.485 e. The Balaban J connectivity index is 1.56. The monoisotopic (exact) mass is 328 g/mol. The molecule has 2 heterocycles. The molecule has 1 amide bonds. The Kier molecular flexibility index (Phi) is 5.03. The van der Waals surface area contributed by atoms with E-state index in [9.17, 15) is 4.79 Å². The zero-order chi connectivity index (χ0) is 16.9. The molecule has 1 atom stereocenters. The number of para-hydroxylation sites is 2. The number of amides is 1. The van der Waals surface area contributed by atoms with Gasteiger partial charge in [-0.2, -0.15) is 5.10 Å². The van der Waals surface area contributed by atoms with Crippen LogP contribution in [-0.4, -0.2) is 53.4 Å². The molecule has 0 saturated carbocycles. The van der Waals surface area contributed by atoms with E-state index < -0.39 is 0 Å². The third-order valence-corrected chi connectivity index (χ3v) is 4.32. The predicted octanol–water partition coefficient (Wildman–Crippen LogP) is 2.02. The molecule has 1 unspecified atom stereocenters. The summed E-state index contributed by atoms with van der Waals surface area (Å²) in [5.74, 6) is 1.00. The lowest BCUT2D eigenvalue weighted by atomic mass is 10.1. The maximum Gasteiger partial charge on any atom is 0.224 e. The number of likely N-dealkylation sites (N-methyl/N-ethyl adjacent to an activating group) is 2. The number of fused-ring (bicyclic) bond motifs is 1. The number of carbonyl (C=O) groups excluding carboxylic acids is 1. The molecule has 1 aromatic carbocycles. The molecule has 24 heavy (non-hydrogen) atoms. The minimum absolute atomic E-state index is 0.0153. The second-order valence-electron chi connectivity index (χ2n) is 6.04. The van der Waals surface area contributed by atoms with Crippen molar-refractivity contribution in [2.75, 3.05) is 31.6 Å². The molecule has 128 valence electrons. The van der Waals surface area contributed by atoms with Gasteiger partial charge in [0, 0.05) is 39.0 Å². The Morgan fingerprint density at radius 2 is 2.21 bits per heavy atom. The lowest BCUT2D eigenvalue weighted by Crippen LogP contribution is -2.46. The fourth-order valence-electron chi connectivity index (χ4n) is 3.01. The molecule has 0 N–H and O–H groups in total. The van der Waals surface area contributed by atoms with Gasteiger partial charge >= 0.3 is 0 Å². The van der Waals surface area contributed by atoms with Crippen molar-refractivity contribution in [3.05, 3.63) is 42.7 Å². The van der Waals surface area contributed by atoms with E-state index in [1.807, 2.05) is 37.5 Å². The summed E-state index contributed by atoms with van der Waals surface area (Å²) >= 11 is 0. The number of benzene rings is 1. The summed E-state index contributed by atoms with van der Waals surface area (Å²) in [7, 11) is 1.84. The molecule has 0 fully saturated rings. The fraction of sp³-hybridized carbons (Fsp3) is 0.444. The van der Waals surface area contributed by atoms with Crippen LogP contribution < -0.4 is 9.64 Å². The average molecular weight is 328 g/mol. The molecule has 1 aromatic heterocycles. The summed E-state index contributed by atoms with van der Waals surface area (Å²) in [6, 6.07) is 9.93. The van der Waals surface area contributed by atoms with Gasteiger partial charge in [-0.05, 0) is 25.1 Å². The molecule has 6 nitrogen and oxygen atoms in total. The van der Waals surface area contributed by atoms with Crippen LogP contribution in [0.15, 0.2) is 42.7 Å². The molecule has 1 aliphatic rings. The summed E-state index contributed by atoms with van der Waals surface area (Å²) in [4.78, 5) is 16.4. The first-order valence-electron chi connectivity index (χ1n) is 8.39. The summed E-state index contributed by atoms with van der Waals surface area (Å²) < 4.78 is 7.86. The number of hydrogen-bond acceptors (Lipinski definition) is 4. The van der Waals surface area contributed by atoms with Gasteiger partial charge in [0.15, 0.2) is 0 Å². The largest absolute Gasteiger partial charge is 0.485 e. The highest BCUT2D eigenvalue weighted by atomic mass is 16.5. The summed E-state index contributed by atoms with van der Waals surface area (Å²) in [5.41, 5.74) is 1.13. The van der Waals surface area contributed by atoms with Crippen molar-refractivity contribution < 1.29 is 9.53 Å². The first-order chi connectivity index (χ1) is 11.7. The Labute approximate surface area is 142 Å². The molecular formula is C18H24N4O2. The van der Waals surface area contributed by atoms with Gasteiger partial charge in [0.1, 0.15) is 11.9 Å². The summed E-state index contributed by atoms with van der Waals surface area (Å²) in [6.07, 6.45) is 4.02. The second kappa shape index (κ2) is 7.38. The Hall–Kier alpha value is -2.50. The van der Waals surface area contributed by atoms with Crippen molar-refractivity contribution in [1.82, 2.24) is 14.7 Å². The van der Waals surface area contributed by atoms with Crippen LogP contribution in [0, 0.1) is 0 Å². The standard InChI is InChI=1S/C18H24N4O2/c1-3-21-14-15(24-17-8-5-4-7-16(17)21)13-20(2)18(23)9-12-22-11-6-10-19-22/h4-8,10-11,15H,3,9,12-14H2,1-2H3. The molecule has 6 heteroatoms. The van der Waals surface area contributed by atoms with Crippen molar-refractivity contribution in [2.24, 2.45) is 0 Å². The van der Waals surface area contributed by atoms with Gasteiger partial charge in [-0.1, -0.05) is 12.1 Å². The molecule has 3 rings (SSSR count). The minimum atomic E-state index is -0.0153. The van der Waals surface area contributed by atoms with E-state index in [0.717, 1.165) is 24.5 Å². The van der Waals surface area contributed by atoms with Crippen LogP contribution in [0.2, 0.25) is 0 Å². The van der Waals surface area contributed by atoms with Gasteiger partial charge < -0.3 is 14.5 Å². The molecule has 2 aromatic rings. The van der Waals surface area contributed by atoms with Gasteiger partial charge in [-0.15, -0.1) is 0 Å². The van der Waals surface area contributed by atoms with E-state index in [1.54, 1.807) is 15.8 Å². The predicted molar refractivity (Wildman–Crippen MR) is 93.2 cm³/mol. The number of carbonyl (C=O) groups is 1. The highest BCUT2D eigenvalue weighted by molar-refractivity contribution is 5.75. The quantitative estimate of drug-likeness (QED) is 0.814. The molecule has 0 saturated heterocycles. The molecule has 0 radical (unpaired) electrons. The van der Waals surface area contributed by atoms with Gasteiger partial charge in [0.2, 0.25) is 5.91 Å². The number of hydrogen-bond donors (Lipinski definition) is 0. The highest BCUT2D eigenvalue weighted by Crippen LogP contribution is 2.32. The number of ether oxygens (including phenoxy) is 1. The van der Waals surface area contributed by atoms with Gasteiger partial charge in [-0.25, -0.2) is 0 Å². The SMILES string of the molecule is CCN1CC(CN(C)C(=O)CCn2cccn2)Oc2ccccc21. The van der Waals surface area contributed by atoms with E-state index in [2.05, 4.69) is 23.0 Å². The van der Waals surface area contributed by atoms with E-state index in [-0.39, 0.29) is 12.0 Å². The normalized spacial score (nSPS) is 16.4. The van der Waals surface area contributed by atoms with Crippen molar-refractivity contribution >= 4 is 11.6 Å². The van der Waals surface area contributed by atoms with Crippen molar-refractivity contribution in [3.8, 4) is 5.75 Å². The van der Waals surface area contributed by atoms with Crippen LogP contribution in [0.1, 0.15) is 13.3 Å². The molecule has 0 aliphatic carbocycles.